The minimum atomic E-state index is -0.431. The molecule has 0 fully saturated rings. The van der Waals surface area contributed by atoms with E-state index in [1.165, 1.54) is 6.07 Å². The van der Waals surface area contributed by atoms with Crippen LogP contribution in [-0.2, 0) is 0 Å². The van der Waals surface area contributed by atoms with Crippen LogP contribution in [0.3, 0.4) is 0 Å². The predicted molar refractivity (Wildman–Crippen MR) is 76.3 cm³/mol. The number of anilines is 1. The standard InChI is InChI=1S/C15H15ClFNO/c1-9-13(16)4-3-5-15(9)18-10(2)12-7-6-11(19)8-14(12)17/h3-8,10,18-19H,1-2H3. The lowest BCUT2D eigenvalue weighted by molar-refractivity contribution is 0.467. The molecule has 0 aromatic heterocycles. The average molecular weight is 280 g/mol. The summed E-state index contributed by atoms with van der Waals surface area (Å²) in [5.41, 5.74) is 2.29. The van der Waals surface area contributed by atoms with Crippen LogP contribution in [0.2, 0.25) is 5.02 Å². The molecule has 2 nitrogen and oxygen atoms in total. The number of nitrogens with one attached hydrogen (secondary N) is 1. The van der Waals surface area contributed by atoms with E-state index in [1.54, 1.807) is 6.07 Å². The lowest BCUT2D eigenvalue weighted by atomic mass is 10.1. The number of benzene rings is 2. The van der Waals surface area contributed by atoms with E-state index in [-0.39, 0.29) is 11.8 Å². The van der Waals surface area contributed by atoms with Gasteiger partial charge in [-0.05, 0) is 37.6 Å². The van der Waals surface area contributed by atoms with E-state index in [9.17, 15) is 9.50 Å². The van der Waals surface area contributed by atoms with E-state index in [0.717, 1.165) is 17.3 Å². The molecule has 0 heterocycles. The summed E-state index contributed by atoms with van der Waals surface area (Å²) >= 11 is 6.05. The van der Waals surface area contributed by atoms with E-state index in [1.807, 2.05) is 32.0 Å². The maximum absolute atomic E-state index is 13.8. The Morgan fingerprint density at radius 3 is 2.68 bits per heavy atom. The largest absolute Gasteiger partial charge is 0.508 e. The van der Waals surface area contributed by atoms with Crippen LogP contribution in [-0.4, -0.2) is 5.11 Å². The van der Waals surface area contributed by atoms with Gasteiger partial charge in [-0.1, -0.05) is 23.7 Å². The fourth-order valence-corrected chi connectivity index (χ4v) is 2.12. The summed E-state index contributed by atoms with van der Waals surface area (Å²) in [5.74, 6) is -0.507. The third kappa shape index (κ3) is 2.99. The third-order valence-electron chi connectivity index (χ3n) is 3.09. The van der Waals surface area contributed by atoms with Crippen molar-refractivity contribution in [3.8, 4) is 5.75 Å². The fourth-order valence-electron chi connectivity index (χ4n) is 1.94. The smallest absolute Gasteiger partial charge is 0.132 e. The first-order valence-corrected chi connectivity index (χ1v) is 6.37. The summed E-state index contributed by atoms with van der Waals surface area (Å²) in [4.78, 5) is 0. The van der Waals surface area contributed by atoms with Crippen LogP contribution in [0.25, 0.3) is 0 Å². The monoisotopic (exact) mass is 279 g/mol. The Morgan fingerprint density at radius 2 is 2.00 bits per heavy atom. The molecule has 1 unspecified atom stereocenters. The van der Waals surface area contributed by atoms with Crippen molar-refractivity contribution in [2.45, 2.75) is 19.9 Å². The second-order valence-electron chi connectivity index (χ2n) is 4.48. The Labute approximate surface area is 116 Å². The molecule has 0 aliphatic heterocycles. The Balaban J connectivity index is 2.25. The van der Waals surface area contributed by atoms with Gasteiger partial charge in [0.25, 0.3) is 0 Å². The molecule has 0 aliphatic carbocycles. The van der Waals surface area contributed by atoms with Gasteiger partial charge >= 0.3 is 0 Å². The first-order valence-electron chi connectivity index (χ1n) is 5.99. The van der Waals surface area contributed by atoms with Crippen molar-refractivity contribution < 1.29 is 9.50 Å². The van der Waals surface area contributed by atoms with Gasteiger partial charge in [-0.2, -0.15) is 0 Å². The summed E-state index contributed by atoms with van der Waals surface area (Å²) in [6.07, 6.45) is 0. The van der Waals surface area contributed by atoms with Crippen molar-refractivity contribution in [1.82, 2.24) is 0 Å². The molecule has 0 amide bonds. The lowest BCUT2D eigenvalue weighted by Crippen LogP contribution is -2.09. The summed E-state index contributed by atoms with van der Waals surface area (Å²) in [6, 6.07) is 9.49. The maximum atomic E-state index is 13.8. The molecule has 2 aromatic rings. The highest BCUT2D eigenvalue weighted by Gasteiger charge is 2.12. The van der Waals surface area contributed by atoms with Gasteiger partial charge in [0.2, 0.25) is 0 Å². The summed E-state index contributed by atoms with van der Waals surface area (Å²) in [7, 11) is 0. The van der Waals surface area contributed by atoms with E-state index in [2.05, 4.69) is 5.32 Å². The molecule has 2 aromatic carbocycles. The second-order valence-corrected chi connectivity index (χ2v) is 4.89. The number of hydrogen-bond donors (Lipinski definition) is 2. The van der Waals surface area contributed by atoms with Gasteiger partial charge < -0.3 is 10.4 Å². The van der Waals surface area contributed by atoms with Crippen molar-refractivity contribution in [3.63, 3.8) is 0 Å². The molecule has 100 valence electrons. The average Bonchev–Trinajstić information content (AvgIpc) is 2.34. The summed E-state index contributed by atoms with van der Waals surface area (Å²) in [6.45, 7) is 3.76. The third-order valence-corrected chi connectivity index (χ3v) is 3.50. The van der Waals surface area contributed by atoms with Crippen LogP contribution in [0.1, 0.15) is 24.1 Å². The van der Waals surface area contributed by atoms with Gasteiger partial charge in [-0.25, -0.2) is 4.39 Å². The highest BCUT2D eigenvalue weighted by atomic mass is 35.5. The Morgan fingerprint density at radius 1 is 1.26 bits per heavy atom. The molecular weight excluding hydrogens is 265 g/mol. The van der Waals surface area contributed by atoms with Gasteiger partial charge in [0.1, 0.15) is 11.6 Å². The molecular formula is C15H15ClFNO. The van der Waals surface area contributed by atoms with Gasteiger partial charge in [-0.3, -0.25) is 0 Å². The highest BCUT2D eigenvalue weighted by Crippen LogP contribution is 2.28. The fraction of sp³-hybridized carbons (Fsp3) is 0.200. The molecule has 19 heavy (non-hydrogen) atoms. The molecule has 0 spiro atoms. The molecule has 2 N–H and O–H groups in total. The number of aromatic hydroxyl groups is 1. The summed E-state index contributed by atoms with van der Waals surface area (Å²) < 4.78 is 13.8. The van der Waals surface area contributed by atoms with E-state index < -0.39 is 5.82 Å². The minimum absolute atomic E-state index is 0.0765. The van der Waals surface area contributed by atoms with Crippen LogP contribution < -0.4 is 5.32 Å². The van der Waals surface area contributed by atoms with Crippen molar-refractivity contribution in [3.05, 3.63) is 58.4 Å². The Kier molecular flexibility index (Phi) is 3.96. The van der Waals surface area contributed by atoms with Crippen LogP contribution in [0.15, 0.2) is 36.4 Å². The predicted octanol–water partition coefficient (Wildman–Crippen LogP) is 4.67. The second kappa shape index (κ2) is 5.49. The maximum Gasteiger partial charge on any atom is 0.132 e. The first kappa shape index (κ1) is 13.7. The lowest BCUT2D eigenvalue weighted by Gasteiger charge is -2.18. The van der Waals surface area contributed by atoms with Crippen LogP contribution >= 0.6 is 11.6 Å². The molecule has 0 bridgehead atoms. The normalized spacial score (nSPS) is 12.2. The van der Waals surface area contributed by atoms with Gasteiger partial charge in [0.05, 0.1) is 6.04 Å². The number of hydrogen-bond acceptors (Lipinski definition) is 2. The quantitative estimate of drug-likeness (QED) is 0.856. The summed E-state index contributed by atoms with van der Waals surface area (Å²) in [5, 5.41) is 13.1. The molecule has 1 atom stereocenters. The SMILES string of the molecule is Cc1c(Cl)cccc1NC(C)c1ccc(O)cc1F. The molecule has 0 radical (unpaired) electrons. The number of halogens is 2. The molecule has 4 heteroatoms. The van der Waals surface area contributed by atoms with Crippen molar-refractivity contribution >= 4 is 17.3 Å². The van der Waals surface area contributed by atoms with Crippen LogP contribution in [0.5, 0.6) is 5.75 Å². The van der Waals surface area contributed by atoms with Crippen molar-refractivity contribution in [2.75, 3.05) is 5.32 Å². The van der Waals surface area contributed by atoms with Crippen molar-refractivity contribution in [1.29, 1.82) is 0 Å². The Hall–Kier alpha value is -1.74. The zero-order valence-electron chi connectivity index (χ0n) is 10.7. The highest BCUT2D eigenvalue weighted by molar-refractivity contribution is 6.31. The molecule has 0 saturated heterocycles. The van der Waals surface area contributed by atoms with E-state index >= 15 is 0 Å². The van der Waals surface area contributed by atoms with Crippen LogP contribution in [0, 0.1) is 12.7 Å². The van der Waals surface area contributed by atoms with Crippen LogP contribution in [0.4, 0.5) is 10.1 Å². The van der Waals surface area contributed by atoms with E-state index in [4.69, 9.17) is 11.6 Å². The minimum Gasteiger partial charge on any atom is -0.508 e. The van der Waals surface area contributed by atoms with Gasteiger partial charge in [0.15, 0.2) is 0 Å². The zero-order chi connectivity index (χ0) is 14.0. The Bertz CT molecular complexity index is 601. The number of phenolic OH excluding ortho intramolecular Hbond substituents is 1. The van der Waals surface area contributed by atoms with Gasteiger partial charge in [-0.15, -0.1) is 0 Å². The van der Waals surface area contributed by atoms with Crippen molar-refractivity contribution in [2.24, 2.45) is 0 Å². The van der Waals surface area contributed by atoms with E-state index in [0.29, 0.717) is 10.6 Å². The first-order chi connectivity index (χ1) is 8.99. The topological polar surface area (TPSA) is 32.3 Å². The zero-order valence-corrected chi connectivity index (χ0v) is 11.5. The molecule has 0 aliphatic rings. The number of phenols is 1. The number of rotatable bonds is 3. The molecule has 0 saturated carbocycles. The molecule has 2 rings (SSSR count). The van der Waals surface area contributed by atoms with Gasteiger partial charge in [0, 0.05) is 22.3 Å².